The fourth-order valence-corrected chi connectivity index (χ4v) is 0.654. The zero-order valence-corrected chi connectivity index (χ0v) is 53.9. The minimum atomic E-state index is -1.92. The standard InChI is InChI=1S/4C3H2O7.CH2O3.2Ca.4K.4Na.12H/c4*4-1(5)9-3(8)10-2(6)7;2-1(3)4;;;;;;;;;;;;;;;;;;;;;;/h4*(H,4,5)(H,6,7);(H2,2,3,4);;;;;;;;;;;;;;;;;;;;;;/q;;;;;2*+2;8*+1;12*-1. The molecule has 0 atom stereocenters. The molecular weight excluding hydrogens is 981 g/mol. The van der Waals surface area contributed by atoms with Crippen molar-refractivity contribution in [3.63, 3.8) is 0 Å². The van der Waals surface area contributed by atoms with E-state index in [1.807, 2.05) is 0 Å². The van der Waals surface area contributed by atoms with E-state index in [4.69, 9.17) is 55.9 Å². The van der Waals surface area contributed by atoms with Gasteiger partial charge in [0.05, 0.1) is 0 Å². The Morgan fingerprint density at radius 1 is 0.259 bits per heavy atom. The molecular formula is C13H22Ca2K4Na4O31. The molecule has 41 heteroatoms. The van der Waals surface area contributed by atoms with Gasteiger partial charge in [0, 0.05) is 0 Å². The average molecular weight is 1000 g/mol. The van der Waals surface area contributed by atoms with Crippen molar-refractivity contribution in [1.82, 2.24) is 0 Å². The van der Waals surface area contributed by atoms with Crippen molar-refractivity contribution in [3.8, 4) is 0 Å². The molecule has 0 unspecified atom stereocenters. The second-order valence-electron chi connectivity index (χ2n) is 4.23. The van der Waals surface area contributed by atoms with Crippen molar-refractivity contribution in [2.24, 2.45) is 0 Å². The summed E-state index contributed by atoms with van der Waals surface area (Å²) < 4.78 is 25.9. The molecule has 0 aromatic carbocycles. The number of rotatable bonds is 0. The molecule has 0 spiro atoms. The summed E-state index contributed by atoms with van der Waals surface area (Å²) >= 11 is 0. The molecule has 0 saturated heterocycles. The summed E-state index contributed by atoms with van der Waals surface area (Å²) in [6.07, 6.45) is -24.4. The topological polar surface area (TPSA) is 498 Å². The van der Waals surface area contributed by atoms with Gasteiger partial charge in [-0.1, -0.05) is 0 Å². The minimum absolute atomic E-state index is 0. The van der Waals surface area contributed by atoms with Gasteiger partial charge in [-0.2, -0.15) is 0 Å². The Bertz CT molecular complexity index is 954. The summed E-state index contributed by atoms with van der Waals surface area (Å²) in [7, 11) is 0. The van der Waals surface area contributed by atoms with Crippen LogP contribution < -0.4 is 324 Å². The Balaban J connectivity index is -0.0000000108. The van der Waals surface area contributed by atoms with Crippen LogP contribution in [0.2, 0.25) is 0 Å². The van der Waals surface area contributed by atoms with Crippen molar-refractivity contribution in [2.45, 2.75) is 0 Å². The SMILES string of the molecule is O=C(O)O.O=C(O)OC(=O)OC(=O)O.O=C(O)OC(=O)OC(=O)O.O=C(O)OC(=O)OC(=O)O.O=C(O)OC(=O)OC(=O)O.[Ca+2].[Ca+2].[H-].[H-].[H-].[H-].[H-].[H-].[H-].[H-].[H-].[H-].[H-].[H-].[K+].[K+].[K+].[K+].[Na+].[Na+].[Na+].[Na+]. The van der Waals surface area contributed by atoms with E-state index < -0.39 is 80.0 Å². The number of carbonyl (C=O) groups excluding carboxylic acids is 4. The first-order valence-corrected chi connectivity index (χ1v) is 8.16. The zero-order valence-electron chi connectivity index (χ0n) is 41.0. The molecule has 0 rings (SSSR count). The Morgan fingerprint density at radius 3 is 0.352 bits per heavy atom. The molecule has 0 aromatic heterocycles. The summed E-state index contributed by atoms with van der Waals surface area (Å²) in [6, 6.07) is 0. The third-order valence-corrected chi connectivity index (χ3v) is 1.37. The van der Waals surface area contributed by atoms with Crippen LogP contribution in [0.25, 0.3) is 0 Å². The first-order valence-electron chi connectivity index (χ1n) is 8.16. The van der Waals surface area contributed by atoms with Crippen LogP contribution in [0.4, 0.5) is 62.3 Å². The van der Waals surface area contributed by atoms with E-state index in [2.05, 4.69) is 37.9 Å². The third kappa shape index (κ3) is 131. The van der Waals surface area contributed by atoms with Crippen LogP contribution in [0.1, 0.15) is 17.1 Å². The minimum Gasteiger partial charge on any atom is -1.00 e. The fourth-order valence-electron chi connectivity index (χ4n) is 0.654. The number of carbonyl (C=O) groups is 13. The normalized spacial score (nSPS) is 6.37. The zero-order chi connectivity index (χ0) is 36.2. The maximum atomic E-state index is 9.86. The van der Waals surface area contributed by atoms with Crippen LogP contribution in [0.3, 0.4) is 0 Å². The maximum Gasteiger partial charge on any atom is 2.00 e. The summed E-state index contributed by atoms with van der Waals surface area (Å²) in [5, 5.41) is 75.4. The van der Waals surface area contributed by atoms with Gasteiger partial charge in [0.15, 0.2) is 0 Å². The Kier molecular flexibility index (Phi) is 133. The molecule has 31 nitrogen and oxygen atoms in total. The second kappa shape index (κ2) is 69.9. The summed E-state index contributed by atoms with van der Waals surface area (Å²) in [6.45, 7) is 0. The van der Waals surface area contributed by atoms with Gasteiger partial charge in [0.25, 0.3) is 0 Å². The van der Waals surface area contributed by atoms with Gasteiger partial charge in [-0.05, 0) is 0 Å². The van der Waals surface area contributed by atoms with E-state index in [1.165, 1.54) is 0 Å². The third-order valence-electron chi connectivity index (χ3n) is 1.37. The molecule has 0 heterocycles. The molecule has 0 bridgehead atoms. The number of carboxylic acid groups (broad SMARTS) is 10. The van der Waals surface area contributed by atoms with E-state index in [0.29, 0.717) is 0 Å². The van der Waals surface area contributed by atoms with Crippen LogP contribution in [-0.2, 0) is 37.9 Å². The van der Waals surface area contributed by atoms with Gasteiger partial charge in [0.1, 0.15) is 0 Å². The predicted molar refractivity (Wildman–Crippen MR) is 130 cm³/mol. The molecule has 0 amide bonds. The van der Waals surface area contributed by atoms with Crippen molar-refractivity contribution in [3.05, 3.63) is 0 Å². The molecule has 0 aliphatic carbocycles. The predicted octanol–water partition coefficient (Wildman–Crippen LogP) is -21.2. The number of hydrogen-bond acceptors (Lipinski definition) is 21. The second-order valence-corrected chi connectivity index (χ2v) is 4.23. The molecule has 0 aliphatic heterocycles. The summed E-state index contributed by atoms with van der Waals surface area (Å²) in [5.74, 6) is 0. The first-order chi connectivity index (χ1) is 19.8. The number of ether oxygens (including phenoxy) is 8. The van der Waals surface area contributed by atoms with E-state index in [0.717, 1.165) is 0 Å². The average Bonchev–Trinajstić information content (AvgIpc) is 2.69. The molecule has 272 valence electrons. The molecule has 54 heavy (non-hydrogen) atoms. The molecule has 0 fully saturated rings. The molecule has 0 aliphatic rings. The van der Waals surface area contributed by atoms with Crippen molar-refractivity contribution in [1.29, 1.82) is 0 Å². The molecule has 10 N–H and O–H groups in total. The van der Waals surface area contributed by atoms with Crippen LogP contribution in [0.5, 0.6) is 0 Å². The largest absolute Gasteiger partial charge is 2.00 e. The van der Waals surface area contributed by atoms with Gasteiger partial charge in [-0.3, -0.25) is 0 Å². The molecule has 0 radical (unpaired) electrons. The van der Waals surface area contributed by atoms with Crippen LogP contribution in [-0.4, -0.2) is 207 Å². The summed E-state index contributed by atoms with van der Waals surface area (Å²) in [5.41, 5.74) is 0. The van der Waals surface area contributed by atoms with Gasteiger partial charge in [-0.25, -0.2) is 62.3 Å². The van der Waals surface area contributed by atoms with Gasteiger partial charge in [0.2, 0.25) is 0 Å². The van der Waals surface area contributed by atoms with Crippen LogP contribution >= 0.6 is 0 Å². The van der Waals surface area contributed by atoms with Crippen molar-refractivity contribution in [2.75, 3.05) is 0 Å². The van der Waals surface area contributed by atoms with E-state index in [-0.39, 0.29) is 416 Å². The Labute approximate surface area is 631 Å². The monoisotopic (exact) mass is 1000 g/mol. The van der Waals surface area contributed by atoms with Crippen LogP contribution in [0, 0.1) is 0 Å². The summed E-state index contributed by atoms with van der Waals surface area (Å²) in [4.78, 5) is 124. The Hall–Kier alpha value is 5.17. The van der Waals surface area contributed by atoms with Gasteiger partial charge < -0.3 is 106 Å². The smallest absolute Gasteiger partial charge is 1.00 e. The van der Waals surface area contributed by atoms with E-state index in [9.17, 15) is 57.5 Å². The molecule has 0 aromatic rings. The van der Waals surface area contributed by atoms with Gasteiger partial charge in [-0.15, -0.1) is 0 Å². The fraction of sp³-hybridized carbons (Fsp3) is 0. The Morgan fingerprint density at radius 2 is 0.315 bits per heavy atom. The quantitative estimate of drug-likeness (QED) is 0.0466. The maximum absolute atomic E-state index is 9.86. The van der Waals surface area contributed by atoms with E-state index >= 15 is 0 Å². The molecule has 0 saturated carbocycles. The first kappa shape index (κ1) is 103. The van der Waals surface area contributed by atoms with Gasteiger partial charge >= 0.3 is 479 Å². The van der Waals surface area contributed by atoms with Crippen LogP contribution in [0.15, 0.2) is 0 Å². The van der Waals surface area contributed by atoms with Crippen molar-refractivity contribution >= 4 is 155 Å². The number of hydrogen-bond donors (Lipinski definition) is 10. The van der Waals surface area contributed by atoms with E-state index in [1.54, 1.807) is 0 Å². The van der Waals surface area contributed by atoms with Crippen molar-refractivity contribution < 1.29 is 492 Å².